The molecule has 1 aliphatic heterocycles. The highest BCUT2D eigenvalue weighted by molar-refractivity contribution is 5.92. The smallest absolute Gasteiger partial charge is 0.276 e. The second-order valence-corrected chi connectivity index (χ2v) is 6.85. The van der Waals surface area contributed by atoms with E-state index >= 15 is 0 Å². The van der Waals surface area contributed by atoms with Crippen LogP contribution in [0.2, 0.25) is 0 Å². The van der Waals surface area contributed by atoms with Gasteiger partial charge in [0.05, 0.1) is 11.8 Å². The number of likely N-dealkylation sites (tertiary alicyclic amines) is 1. The Hall–Kier alpha value is -2.21. The van der Waals surface area contributed by atoms with Gasteiger partial charge in [0.1, 0.15) is 0 Å². The Bertz CT molecular complexity index is 703. The zero-order chi connectivity index (χ0) is 16.6. The van der Waals surface area contributed by atoms with Crippen LogP contribution >= 0.6 is 0 Å². The Kier molecular flexibility index (Phi) is 3.84. The fourth-order valence-electron chi connectivity index (χ4n) is 4.47. The molecule has 1 amide bonds. The van der Waals surface area contributed by atoms with E-state index in [0.717, 1.165) is 31.2 Å². The normalized spacial score (nSPS) is 30.0. The van der Waals surface area contributed by atoms with E-state index in [1.54, 1.807) is 0 Å². The summed E-state index contributed by atoms with van der Waals surface area (Å²) in [6, 6.07) is 9.97. The third-order valence-corrected chi connectivity index (χ3v) is 5.65. The van der Waals surface area contributed by atoms with Gasteiger partial charge < -0.3 is 10.0 Å². The summed E-state index contributed by atoms with van der Waals surface area (Å²) in [5.41, 5.74) is 0.465. The van der Waals surface area contributed by atoms with Gasteiger partial charge in [-0.25, -0.2) is 0 Å². The van der Waals surface area contributed by atoms with Crippen LogP contribution in [0.1, 0.15) is 48.2 Å². The predicted octanol–water partition coefficient (Wildman–Crippen LogP) is 2.10. The maximum absolute atomic E-state index is 12.8. The number of aromatic nitrogens is 3. The predicted molar refractivity (Wildman–Crippen MR) is 88.1 cm³/mol. The van der Waals surface area contributed by atoms with E-state index in [1.807, 2.05) is 35.2 Å². The average Bonchev–Trinajstić information content (AvgIpc) is 3.17. The molecule has 6 heteroatoms. The second kappa shape index (κ2) is 6.02. The van der Waals surface area contributed by atoms with Crippen molar-refractivity contribution in [3.8, 4) is 0 Å². The molecule has 1 aliphatic carbocycles. The quantitative estimate of drug-likeness (QED) is 0.885. The SMILES string of the molecule is O=C(c1cn[nH]n1)N1CC[C@@](O)(c2ccccc2)[C@H]2CCCC[C@H]21. The fourth-order valence-corrected chi connectivity index (χ4v) is 4.47. The first-order valence-corrected chi connectivity index (χ1v) is 8.65. The number of hydrogen-bond acceptors (Lipinski definition) is 4. The summed E-state index contributed by atoms with van der Waals surface area (Å²) in [5, 5.41) is 21.7. The molecule has 6 nitrogen and oxygen atoms in total. The molecule has 2 heterocycles. The number of nitrogens with zero attached hydrogens (tertiary/aromatic N) is 3. The molecular weight excluding hydrogens is 304 g/mol. The number of nitrogens with one attached hydrogen (secondary N) is 1. The summed E-state index contributed by atoms with van der Waals surface area (Å²) in [7, 11) is 0. The molecule has 1 saturated heterocycles. The van der Waals surface area contributed by atoms with E-state index in [4.69, 9.17) is 0 Å². The first kappa shape index (κ1) is 15.3. The van der Waals surface area contributed by atoms with Crippen molar-refractivity contribution in [3.63, 3.8) is 0 Å². The monoisotopic (exact) mass is 326 g/mol. The number of aromatic amines is 1. The van der Waals surface area contributed by atoms with Crippen molar-refractivity contribution in [2.75, 3.05) is 6.54 Å². The summed E-state index contributed by atoms with van der Waals surface area (Å²) < 4.78 is 0. The Labute approximate surface area is 140 Å². The number of carbonyl (C=O) groups excluding carboxylic acids is 1. The van der Waals surface area contributed by atoms with Crippen molar-refractivity contribution in [1.29, 1.82) is 0 Å². The van der Waals surface area contributed by atoms with Crippen molar-refractivity contribution in [2.45, 2.75) is 43.7 Å². The van der Waals surface area contributed by atoms with Crippen molar-refractivity contribution in [1.82, 2.24) is 20.3 Å². The van der Waals surface area contributed by atoms with Crippen molar-refractivity contribution >= 4 is 5.91 Å². The number of rotatable bonds is 2. The molecule has 126 valence electrons. The molecule has 1 aromatic carbocycles. The van der Waals surface area contributed by atoms with E-state index in [1.165, 1.54) is 6.20 Å². The van der Waals surface area contributed by atoms with Crippen molar-refractivity contribution in [3.05, 3.63) is 47.8 Å². The van der Waals surface area contributed by atoms with Crippen LogP contribution in [-0.4, -0.2) is 43.9 Å². The molecule has 1 aromatic heterocycles. The minimum absolute atomic E-state index is 0.0573. The molecule has 0 unspecified atom stereocenters. The molecule has 0 spiro atoms. The number of benzene rings is 1. The van der Waals surface area contributed by atoms with Gasteiger partial charge in [0.2, 0.25) is 0 Å². The number of carbonyl (C=O) groups is 1. The number of H-pyrrole nitrogens is 1. The first-order valence-electron chi connectivity index (χ1n) is 8.65. The van der Waals surface area contributed by atoms with E-state index < -0.39 is 5.60 Å². The maximum atomic E-state index is 12.8. The molecule has 24 heavy (non-hydrogen) atoms. The summed E-state index contributed by atoms with van der Waals surface area (Å²) in [4.78, 5) is 14.7. The van der Waals surface area contributed by atoms with Gasteiger partial charge in [-0.15, -0.1) is 0 Å². The van der Waals surface area contributed by atoms with Crippen LogP contribution in [0.5, 0.6) is 0 Å². The molecule has 1 saturated carbocycles. The topological polar surface area (TPSA) is 82.1 Å². The first-order chi connectivity index (χ1) is 11.7. The van der Waals surface area contributed by atoms with Gasteiger partial charge in [-0.1, -0.05) is 43.2 Å². The lowest BCUT2D eigenvalue weighted by Crippen LogP contribution is -2.59. The molecule has 3 atom stereocenters. The Morgan fingerprint density at radius 3 is 2.79 bits per heavy atom. The minimum atomic E-state index is -0.854. The number of piperidine rings is 1. The number of aliphatic hydroxyl groups is 1. The highest BCUT2D eigenvalue weighted by Crippen LogP contribution is 2.47. The zero-order valence-electron chi connectivity index (χ0n) is 13.6. The molecule has 4 rings (SSSR count). The Morgan fingerprint density at radius 1 is 1.25 bits per heavy atom. The lowest BCUT2D eigenvalue weighted by Gasteiger charge is -2.52. The summed E-state index contributed by atoms with van der Waals surface area (Å²) >= 11 is 0. The van der Waals surface area contributed by atoms with Gasteiger partial charge in [-0.05, 0) is 24.8 Å². The van der Waals surface area contributed by atoms with Gasteiger partial charge in [0.25, 0.3) is 5.91 Å². The number of amides is 1. The van der Waals surface area contributed by atoms with Crippen molar-refractivity contribution < 1.29 is 9.90 Å². The van der Waals surface area contributed by atoms with Gasteiger partial charge in [-0.2, -0.15) is 15.4 Å². The van der Waals surface area contributed by atoms with Crippen LogP contribution in [0.3, 0.4) is 0 Å². The van der Waals surface area contributed by atoms with Gasteiger partial charge in [0.15, 0.2) is 5.69 Å². The van der Waals surface area contributed by atoms with Gasteiger partial charge in [0, 0.05) is 18.5 Å². The fraction of sp³-hybridized carbons (Fsp3) is 0.500. The van der Waals surface area contributed by atoms with E-state index in [0.29, 0.717) is 18.7 Å². The summed E-state index contributed by atoms with van der Waals surface area (Å²) in [6.07, 6.45) is 6.10. The van der Waals surface area contributed by atoms with Gasteiger partial charge >= 0.3 is 0 Å². The third-order valence-electron chi connectivity index (χ3n) is 5.65. The molecule has 2 aliphatic rings. The van der Waals surface area contributed by atoms with E-state index in [9.17, 15) is 9.90 Å². The molecule has 2 N–H and O–H groups in total. The lowest BCUT2D eigenvalue weighted by atomic mass is 9.66. The molecule has 0 bridgehead atoms. The Balaban J connectivity index is 1.66. The highest BCUT2D eigenvalue weighted by atomic mass is 16.3. The molecule has 2 aromatic rings. The lowest BCUT2D eigenvalue weighted by molar-refractivity contribution is -0.110. The third kappa shape index (κ3) is 2.41. The summed E-state index contributed by atoms with van der Waals surface area (Å²) in [6.45, 7) is 0.540. The zero-order valence-corrected chi connectivity index (χ0v) is 13.6. The largest absolute Gasteiger partial charge is 0.385 e. The highest BCUT2D eigenvalue weighted by Gasteiger charge is 2.50. The molecule has 0 radical (unpaired) electrons. The standard InChI is InChI=1S/C18H22N4O2/c23-17(15-12-19-21-20-15)22-11-10-18(24,13-6-2-1-3-7-13)14-8-4-5-9-16(14)22/h1-3,6-7,12,14,16,24H,4-5,8-11H2,(H,19,20,21)/t14-,16+,18+/m0/s1. The molecular formula is C18H22N4O2. The van der Waals surface area contributed by atoms with E-state index in [2.05, 4.69) is 15.4 Å². The number of fused-ring (bicyclic) bond motifs is 1. The average molecular weight is 326 g/mol. The van der Waals surface area contributed by atoms with Crippen LogP contribution in [0.4, 0.5) is 0 Å². The second-order valence-electron chi connectivity index (χ2n) is 6.85. The van der Waals surface area contributed by atoms with Crippen LogP contribution in [-0.2, 0) is 5.60 Å². The van der Waals surface area contributed by atoms with E-state index in [-0.39, 0.29) is 17.9 Å². The van der Waals surface area contributed by atoms with Gasteiger partial charge in [-0.3, -0.25) is 4.79 Å². The van der Waals surface area contributed by atoms with Crippen LogP contribution < -0.4 is 0 Å². The minimum Gasteiger partial charge on any atom is -0.385 e. The summed E-state index contributed by atoms with van der Waals surface area (Å²) in [5.74, 6) is -0.0194. The van der Waals surface area contributed by atoms with Crippen LogP contribution in [0, 0.1) is 5.92 Å². The van der Waals surface area contributed by atoms with Crippen LogP contribution in [0.25, 0.3) is 0 Å². The van der Waals surface area contributed by atoms with Crippen molar-refractivity contribution in [2.24, 2.45) is 5.92 Å². The Morgan fingerprint density at radius 2 is 2.04 bits per heavy atom. The van der Waals surface area contributed by atoms with Crippen LogP contribution in [0.15, 0.2) is 36.5 Å². The molecule has 2 fully saturated rings. The number of hydrogen-bond donors (Lipinski definition) is 2. The maximum Gasteiger partial charge on any atom is 0.276 e.